The van der Waals surface area contributed by atoms with Gasteiger partial charge in [0.15, 0.2) is 5.82 Å². The first-order valence-corrected chi connectivity index (χ1v) is 8.41. The van der Waals surface area contributed by atoms with E-state index in [1.807, 2.05) is 31.3 Å². The molecule has 0 aliphatic heterocycles. The number of fused-ring (bicyclic) bond motifs is 1. The van der Waals surface area contributed by atoms with Gasteiger partial charge in [-0.2, -0.15) is 0 Å². The molecule has 0 saturated carbocycles. The number of aromatic nitrogens is 5. The molecule has 5 nitrogen and oxygen atoms in total. The molecule has 0 radical (unpaired) electrons. The first kappa shape index (κ1) is 14.9. The molecule has 0 unspecified atom stereocenters. The van der Waals surface area contributed by atoms with Crippen LogP contribution < -0.4 is 0 Å². The van der Waals surface area contributed by atoms with Crippen LogP contribution in [0.3, 0.4) is 0 Å². The second-order valence-corrected chi connectivity index (χ2v) is 6.25. The zero-order valence-electron chi connectivity index (χ0n) is 12.9. The van der Waals surface area contributed by atoms with Gasteiger partial charge < -0.3 is 4.57 Å². The second-order valence-electron chi connectivity index (χ2n) is 5.31. The Morgan fingerprint density at radius 1 is 1.08 bits per heavy atom. The first-order valence-electron chi connectivity index (χ1n) is 7.43. The number of halogens is 1. The van der Waals surface area contributed by atoms with Crippen molar-refractivity contribution in [3.05, 3.63) is 60.2 Å². The van der Waals surface area contributed by atoms with Crippen LogP contribution in [-0.2, 0) is 12.8 Å². The largest absolute Gasteiger partial charge is 0.330 e. The summed E-state index contributed by atoms with van der Waals surface area (Å²) in [5, 5.41) is 7.52. The van der Waals surface area contributed by atoms with Crippen LogP contribution in [0.1, 0.15) is 5.82 Å². The lowest BCUT2D eigenvalue weighted by atomic mass is 10.2. The normalized spacial score (nSPS) is 11.2. The zero-order chi connectivity index (χ0) is 16.5. The van der Waals surface area contributed by atoms with Crippen LogP contribution >= 0.6 is 11.8 Å². The summed E-state index contributed by atoms with van der Waals surface area (Å²) in [6.45, 7) is 0. The van der Waals surface area contributed by atoms with Gasteiger partial charge in [-0.1, -0.05) is 36.0 Å². The highest BCUT2D eigenvalue weighted by Gasteiger charge is 2.12. The smallest absolute Gasteiger partial charge is 0.209 e. The van der Waals surface area contributed by atoms with Crippen molar-refractivity contribution in [1.29, 1.82) is 0 Å². The van der Waals surface area contributed by atoms with E-state index in [4.69, 9.17) is 0 Å². The number of para-hydroxylation sites is 2. The van der Waals surface area contributed by atoms with Crippen LogP contribution in [0.2, 0.25) is 0 Å². The molecule has 0 aliphatic carbocycles. The summed E-state index contributed by atoms with van der Waals surface area (Å²) in [4.78, 5) is 8.98. The molecule has 120 valence electrons. The molecule has 0 bridgehead atoms. The maximum atomic E-state index is 13.8. The molecule has 24 heavy (non-hydrogen) atoms. The Morgan fingerprint density at radius 2 is 1.88 bits per heavy atom. The molecule has 0 spiro atoms. The number of rotatable bonds is 4. The number of nitrogens with one attached hydrogen (secondary N) is 1. The Labute approximate surface area is 142 Å². The highest BCUT2D eigenvalue weighted by atomic mass is 32.2. The predicted octanol–water partition coefficient (Wildman–Crippen LogP) is 3.79. The Kier molecular flexibility index (Phi) is 3.78. The summed E-state index contributed by atoms with van der Waals surface area (Å²) >= 11 is 1.47. The van der Waals surface area contributed by atoms with Crippen molar-refractivity contribution in [2.75, 3.05) is 0 Å². The quantitative estimate of drug-likeness (QED) is 0.575. The van der Waals surface area contributed by atoms with Crippen molar-refractivity contribution in [2.45, 2.75) is 10.9 Å². The number of aryl methyl sites for hydroxylation is 1. The average molecular weight is 339 g/mol. The van der Waals surface area contributed by atoms with Crippen molar-refractivity contribution in [3.8, 4) is 11.4 Å². The average Bonchev–Trinajstić information content (AvgIpc) is 3.19. The van der Waals surface area contributed by atoms with Crippen LogP contribution in [0.15, 0.2) is 53.7 Å². The standard InChI is InChI=1S/C17H14FN5S/c1-23-14-9-5-4-8-13(14)19-15(23)10-24-17-20-16(21-22-17)11-6-2-3-7-12(11)18/h2-9H,10H2,1H3,(H,20,21,22). The molecule has 0 atom stereocenters. The molecule has 2 aromatic heterocycles. The first-order chi connectivity index (χ1) is 11.7. The van der Waals surface area contributed by atoms with Gasteiger partial charge in [0.1, 0.15) is 11.6 Å². The fourth-order valence-electron chi connectivity index (χ4n) is 2.54. The fourth-order valence-corrected chi connectivity index (χ4v) is 3.32. The number of benzene rings is 2. The van der Waals surface area contributed by atoms with Gasteiger partial charge in [-0.25, -0.2) is 14.4 Å². The zero-order valence-corrected chi connectivity index (χ0v) is 13.7. The van der Waals surface area contributed by atoms with E-state index in [1.165, 1.54) is 17.8 Å². The Hall–Kier alpha value is -2.67. The van der Waals surface area contributed by atoms with Crippen molar-refractivity contribution >= 4 is 22.8 Å². The topological polar surface area (TPSA) is 59.4 Å². The number of H-pyrrole nitrogens is 1. The summed E-state index contributed by atoms with van der Waals surface area (Å²) in [5.41, 5.74) is 2.48. The highest BCUT2D eigenvalue weighted by Crippen LogP contribution is 2.24. The summed E-state index contributed by atoms with van der Waals surface area (Å²) in [6.07, 6.45) is 0. The molecule has 7 heteroatoms. The van der Waals surface area contributed by atoms with E-state index in [9.17, 15) is 4.39 Å². The van der Waals surface area contributed by atoms with Gasteiger partial charge in [-0.05, 0) is 24.3 Å². The minimum atomic E-state index is -0.319. The van der Waals surface area contributed by atoms with Gasteiger partial charge >= 0.3 is 0 Å². The molecule has 2 aromatic carbocycles. The third-order valence-corrected chi connectivity index (χ3v) is 4.65. The predicted molar refractivity (Wildman–Crippen MR) is 92.1 cm³/mol. The maximum absolute atomic E-state index is 13.8. The van der Waals surface area contributed by atoms with Crippen LogP contribution in [0.5, 0.6) is 0 Å². The molecule has 0 amide bonds. The van der Waals surface area contributed by atoms with E-state index in [1.54, 1.807) is 18.2 Å². The van der Waals surface area contributed by atoms with Crippen LogP contribution in [0.4, 0.5) is 4.39 Å². The summed E-state index contributed by atoms with van der Waals surface area (Å²) in [7, 11) is 1.99. The summed E-state index contributed by atoms with van der Waals surface area (Å²) < 4.78 is 15.9. The number of hydrogen-bond donors (Lipinski definition) is 1. The highest BCUT2D eigenvalue weighted by molar-refractivity contribution is 7.98. The number of aromatic amines is 1. The van der Waals surface area contributed by atoms with E-state index in [2.05, 4.69) is 24.7 Å². The Balaban J connectivity index is 1.54. The van der Waals surface area contributed by atoms with E-state index < -0.39 is 0 Å². The lowest BCUT2D eigenvalue weighted by molar-refractivity contribution is 0.630. The molecular weight excluding hydrogens is 325 g/mol. The van der Waals surface area contributed by atoms with E-state index in [-0.39, 0.29) is 5.82 Å². The molecule has 2 heterocycles. The lowest BCUT2D eigenvalue weighted by Crippen LogP contribution is -1.95. The summed E-state index contributed by atoms with van der Waals surface area (Å²) in [6, 6.07) is 14.5. The molecule has 0 aliphatic rings. The molecule has 1 N–H and O–H groups in total. The molecular formula is C17H14FN5S. The molecule has 0 fully saturated rings. The number of nitrogens with zero attached hydrogens (tertiary/aromatic N) is 4. The Morgan fingerprint density at radius 3 is 2.71 bits per heavy atom. The molecule has 0 saturated heterocycles. The summed E-state index contributed by atoms with van der Waals surface area (Å²) in [5.74, 6) is 1.69. The second kappa shape index (κ2) is 6.09. The minimum absolute atomic E-state index is 0.319. The molecule has 4 rings (SSSR count). The SMILES string of the molecule is Cn1c(CSc2n[nH]c(-c3ccccc3F)n2)nc2ccccc21. The fraction of sp³-hybridized carbons (Fsp3) is 0.118. The van der Waals surface area contributed by atoms with Gasteiger partial charge in [0, 0.05) is 7.05 Å². The van der Waals surface area contributed by atoms with E-state index >= 15 is 0 Å². The van der Waals surface area contributed by atoms with Gasteiger partial charge in [0.05, 0.1) is 22.3 Å². The van der Waals surface area contributed by atoms with Gasteiger partial charge in [-0.15, -0.1) is 5.10 Å². The third kappa shape index (κ3) is 2.67. The molecule has 4 aromatic rings. The minimum Gasteiger partial charge on any atom is -0.330 e. The van der Waals surface area contributed by atoms with Crippen LogP contribution in [0.25, 0.3) is 22.4 Å². The van der Waals surface area contributed by atoms with Crippen molar-refractivity contribution < 1.29 is 4.39 Å². The lowest BCUT2D eigenvalue weighted by Gasteiger charge is -2.00. The number of hydrogen-bond acceptors (Lipinski definition) is 4. The van der Waals surface area contributed by atoms with Gasteiger partial charge in [0.2, 0.25) is 5.16 Å². The van der Waals surface area contributed by atoms with Gasteiger partial charge in [0.25, 0.3) is 0 Å². The van der Waals surface area contributed by atoms with Crippen molar-refractivity contribution in [3.63, 3.8) is 0 Å². The number of imidazole rings is 1. The van der Waals surface area contributed by atoms with E-state index in [0.717, 1.165) is 16.9 Å². The van der Waals surface area contributed by atoms with Crippen molar-refractivity contribution in [1.82, 2.24) is 24.7 Å². The maximum Gasteiger partial charge on any atom is 0.209 e. The van der Waals surface area contributed by atoms with Crippen molar-refractivity contribution in [2.24, 2.45) is 7.05 Å². The monoisotopic (exact) mass is 339 g/mol. The van der Waals surface area contributed by atoms with E-state index in [0.29, 0.717) is 22.3 Å². The van der Waals surface area contributed by atoms with Crippen LogP contribution in [-0.4, -0.2) is 24.7 Å². The van der Waals surface area contributed by atoms with Crippen LogP contribution in [0, 0.1) is 5.82 Å². The Bertz CT molecular complexity index is 1010. The van der Waals surface area contributed by atoms with Gasteiger partial charge in [-0.3, -0.25) is 5.10 Å². The third-order valence-electron chi connectivity index (χ3n) is 3.80. The number of thioether (sulfide) groups is 1.